The maximum Gasteiger partial charge on any atom is 0.271 e. The van der Waals surface area contributed by atoms with E-state index in [0.29, 0.717) is 29.0 Å². The second-order valence-electron chi connectivity index (χ2n) is 10.3. The summed E-state index contributed by atoms with van der Waals surface area (Å²) in [4.78, 5) is 4.83. The van der Waals surface area contributed by atoms with Crippen molar-refractivity contribution in [2.45, 2.75) is 37.9 Å². The van der Waals surface area contributed by atoms with Gasteiger partial charge in [-0.2, -0.15) is 0 Å². The van der Waals surface area contributed by atoms with Crippen molar-refractivity contribution in [1.82, 2.24) is 9.88 Å². The smallest absolute Gasteiger partial charge is 0.271 e. The summed E-state index contributed by atoms with van der Waals surface area (Å²) in [7, 11) is -3.41. The van der Waals surface area contributed by atoms with Crippen molar-refractivity contribution in [3.63, 3.8) is 0 Å². The molecule has 0 saturated carbocycles. The van der Waals surface area contributed by atoms with Gasteiger partial charge in [0.05, 0.1) is 19.9 Å². The fraction of sp³-hybridized carbons (Fsp3) is 0.258. The van der Waals surface area contributed by atoms with Gasteiger partial charge < -0.3 is 10.1 Å². The van der Waals surface area contributed by atoms with Crippen LogP contribution in [0.25, 0.3) is 0 Å². The Morgan fingerprint density at radius 1 is 0.953 bits per heavy atom. The van der Waals surface area contributed by atoms with E-state index in [-0.39, 0.29) is 24.6 Å². The van der Waals surface area contributed by atoms with E-state index in [1.807, 2.05) is 0 Å². The number of rotatable bonds is 11. The summed E-state index contributed by atoms with van der Waals surface area (Å²) >= 11 is 0. The number of likely N-dealkylation sites (tertiary alicyclic amines) is 1. The minimum Gasteiger partial charge on any atom is -0.497 e. The van der Waals surface area contributed by atoms with E-state index in [4.69, 9.17) is 4.74 Å². The molecular weight excluding hydrogens is 584 g/mol. The zero-order valence-electron chi connectivity index (χ0n) is 23.6. The first-order chi connectivity index (χ1) is 20.6. The largest absolute Gasteiger partial charge is 0.497 e. The number of anilines is 2. The van der Waals surface area contributed by atoms with Crippen LogP contribution in [0.5, 0.6) is 5.75 Å². The van der Waals surface area contributed by atoms with Gasteiger partial charge in [0.1, 0.15) is 34.8 Å². The van der Waals surface area contributed by atoms with Crippen molar-refractivity contribution < 1.29 is 30.7 Å². The Morgan fingerprint density at radius 3 is 2.30 bits per heavy atom. The van der Waals surface area contributed by atoms with Gasteiger partial charge in [0.2, 0.25) is 0 Å². The Labute approximate surface area is 247 Å². The number of nitrogens with one attached hydrogen (secondary N) is 1. The third-order valence-electron chi connectivity index (χ3n) is 7.41. The Kier molecular flexibility index (Phi) is 8.88. The first-order valence-electron chi connectivity index (χ1n) is 13.6. The molecule has 226 valence electrons. The van der Waals surface area contributed by atoms with Gasteiger partial charge in [0.15, 0.2) is 4.90 Å². The Morgan fingerprint density at radius 2 is 1.70 bits per heavy atom. The molecule has 5 rings (SSSR count). The average Bonchev–Trinajstić information content (AvgIpc) is 2.94. The van der Waals surface area contributed by atoms with Crippen molar-refractivity contribution in [2.24, 2.45) is 0 Å². The second kappa shape index (κ2) is 12.6. The topological polar surface area (TPSA) is 74.8 Å². The maximum absolute atomic E-state index is 15.5. The van der Waals surface area contributed by atoms with Crippen LogP contribution >= 0.6 is 0 Å². The number of methoxy groups -OCH3 is 1. The minimum absolute atomic E-state index is 0.0652. The molecule has 0 radical (unpaired) electrons. The van der Waals surface area contributed by atoms with Crippen molar-refractivity contribution in [3.05, 3.63) is 112 Å². The van der Waals surface area contributed by atoms with Gasteiger partial charge >= 0.3 is 0 Å². The molecule has 7 nitrogen and oxygen atoms in total. The number of hydrogen-bond acceptors (Lipinski definition) is 6. The standard InChI is InChI=1S/C31H30F4N4O3S/c1-20-13-25(42-2)9-7-21(20)19-39(30-10-8-23(32)16-37-30)43(40,41)31-28(34)14-24(15-29(31)35)36-17-26-22(5-3-6-27(26)33)18-38-11-4-12-38/h3,5-10,13-16,36H,4,11-12,17-19H2,1-2H3. The van der Waals surface area contributed by atoms with Gasteiger partial charge in [-0.3, -0.25) is 4.90 Å². The van der Waals surface area contributed by atoms with Crippen molar-refractivity contribution >= 4 is 21.5 Å². The molecule has 0 unspecified atom stereocenters. The maximum atomic E-state index is 15.5. The summed E-state index contributed by atoms with van der Waals surface area (Å²) in [6.07, 6.45) is 1.89. The first kappa shape index (κ1) is 30.3. The molecule has 1 aliphatic heterocycles. The molecule has 3 aromatic carbocycles. The zero-order chi connectivity index (χ0) is 30.7. The molecule has 1 N–H and O–H groups in total. The van der Waals surface area contributed by atoms with Crippen LogP contribution in [-0.4, -0.2) is 38.5 Å². The van der Waals surface area contributed by atoms with Gasteiger partial charge in [-0.05, 0) is 85.6 Å². The molecule has 1 saturated heterocycles. The highest BCUT2D eigenvalue weighted by atomic mass is 32.2. The summed E-state index contributed by atoms with van der Waals surface area (Å²) in [6, 6.07) is 13.5. The van der Waals surface area contributed by atoms with E-state index in [1.54, 1.807) is 37.3 Å². The summed E-state index contributed by atoms with van der Waals surface area (Å²) in [5.74, 6) is -3.56. The average molecular weight is 615 g/mol. The molecule has 0 amide bonds. The van der Waals surface area contributed by atoms with E-state index < -0.39 is 38.2 Å². The molecule has 0 aliphatic carbocycles. The fourth-order valence-corrected chi connectivity index (χ4v) is 6.37. The number of benzene rings is 3. The van der Waals surface area contributed by atoms with Crippen molar-refractivity contribution in [2.75, 3.05) is 29.8 Å². The predicted octanol–water partition coefficient (Wildman–Crippen LogP) is 6.17. The summed E-state index contributed by atoms with van der Waals surface area (Å²) in [6.45, 7) is 3.70. The number of sulfonamides is 1. The molecule has 1 aromatic heterocycles. The number of aryl methyl sites for hydroxylation is 1. The number of halogens is 4. The van der Waals surface area contributed by atoms with Crippen molar-refractivity contribution in [3.8, 4) is 5.75 Å². The van der Waals surface area contributed by atoms with E-state index in [1.165, 1.54) is 13.2 Å². The molecule has 12 heteroatoms. The van der Waals surface area contributed by atoms with Gasteiger partial charge in [0.25, 0.3) is 10.0 Å². The summed E-state index contributed by atoms with van der Waals surface area (Å²) in [5.41, 5.74) is 2.21. The number of nitrogens with zero attached hydrogens (tertiary/aromatic N) is 3. The minimum atomic E-state index is -4.89. The first-order valence-corrected chi connectivity index (χ1v) is 15.0. The summed E-state index contributed by atoms with van der Waals surface area (Å²) < 4.78 is 92.9. The Hall–Kier alpha value is -4.16. The molecule has 0 atom stereocenters. The highest BCUT2D eigenvalue weighted by Gasteiger charge is 2.33. The van der Waals surface area contributed by atoms with Crippen LogP contribution in [-0.2, 0) is 29.7 Å². The SMILES string of the molecule is COc1ccc(CN(c2ccc(F)cn2)S(=O)(=O)c2c(F)cc(NCc3c(F)cccc3CN3CCC3)cc2F)c(C)c1. The Balaban J connectivity index is 1.45. The van der Waals surface area contributed by atoms with Crippen LogP contribution in [0, 0.1) is 30.2 Å². The van der Waals surface area contributed by atoms with Gasteiger partial charge in [0, 0.05) is 24.3 Å². The third kappa shape index (κ3) is 6.60. The zero-order valence-corrected chi connectivity index (χ0v) is 24.4. The van der Waals surface area contributed by atoms with Crippen LogP contribution in [0.2, 0.25) is 0 Å². The molecule has 43 heavy (non-hydrogen) atoms. The van der Waals surface area contributed by atoms with Gasteiger partial charge in [-0.15, -0.1) is 0 Å². The molecular formula is C31H30F4N4O3S. The van der Waals surface area contributed by atoms with Crippen LogP contribution < -0.4 is 14.4 Å². The lowest BCUT2D eigenvalue weighted by Crippen LogP contribution is -2.36. The molecule has 1 aliphatic rings. The van der Waals surface area contributed by atoms with Crippen LogP contribution in [0.1, 0.15) is 28.7 Å². The molecule has 4 aromatic rings. The third-order valence-corrected chi connectivity index (χ3v) is 9.21. The Bertz CT molecular complexity index is 1710. The quantitative estimate of drug-likeness (QED) is 0.204. The van der Waals surface area contributed by atoms with Crippen LogP contribution in [0.3, 0.4) is 0 Å². The fourth-order valence-electron chi connectivity index (χ4n) is 4.87. The van der Waals surface area contributed by atoms with E-state index in [9.17, 15) is 17.2 Å². The van der Waals surface area contributed by atoms with E-state index >= 15 is 8.78 Å². The lowest BCUT2D eigenvalue weighted by Gasteiger charge is -2.31. The molecule has 0 spiro atoms. The second-order valence-corrected chi connectivity index (χ2v) is 12.1. The van der Waals surface area contributed by atoms with E-state index in [2.05, 4.69) is 15.2 Å². The van der Waals surface area contributed by atoms with E-state index in [0.717, 1.165) is 59.8 Å². The number of hydrogen-bond donors (Lipinski definition) is 1. The molecule has 2 heterocycles. The van der Waals surface area contributed by atoms with Crippen LogP contribution in [0.15, 0.2) is 71.8 Å². The van der Waals surface area contributed by atoms with Gasteiger partial charge in [-0.25, -0.2) is 35.3 Å². The highest BCUT2D eigenvalue weighted by Crippen LogP contribution is 2.31. The normalized spacial score (nSPS) is 13.4. The lowest BCUT2D eigenvalue weighted by atomic mass is 10.0. The lowest BCUT2D eigenvalue weighted by molar-refractivity contribution is 0.172. The number of ether oxygens (including phenoxy) is 1. The van der Waals surface area contributed by atoms with Gasteiger partial charge in [-0.1, -0.05) is 18.2 Å². The predicted molar refractivity (Wildman–Crippen MR) is 155 cm³/mol. The number of pyridine rings is 1. The highest BCUT2D eigenvalue weighted by molar-refractivity contribution is 7.92. The van der Waals surface area contributed by atoms with Crippen molar-refractivity contribution in [1.29, 1.82) is 0 Å². The monoisotopic (exact) mass is 614 g/mol. The number of aromatic nitrogens is 1. The van der Waals surface area contributed by atoms with Crippen LogP contribution in [0.4, 0.5) is 29.1 Å². The molecule has 1 fully saturated rings. The molecule has 0 bridgehead atoms. The summed E-state index contributed by atoms with van der Waals surface area (Å²) in [5, 5.41) is 2.82.